The average molecular weight is 305 g/mol. The van der Waals surface area contributed by atoms with E-state index in [0.29, 0.717) is 23.4 Å². The molecule has 22 heavy (non-hydrogen) atoms. The second kappa shape index (κ2) is 8.19. The molecular formula is C16H23N3O3. The molecule has 6 nitrogen and oxygen atoms in total. The Morgan fingerprint density at radius 3 is 2.59 bits per heavy atom. The van der Waals surface area contributed by atoms with Crippen LogP contribution in [0.2, 0.25) is 0 Å². The van der Waals surface area contributed by atoms with E-state index in [4.69, 9.17) is 15.6 Å². The number of nitrogens with zero attached hydrogens (tertiary/aromatic N) is 1. The number of aromatic nitrogens is 2. The molecule has 2 rings (SSSR count). The predicted molar refractivity (Wildman–Crippen MR) is 87.1 cm³/mol. The average Bonchev–Trinajstić information content (AvgIpc) is 2.52. The second-order valence-corrected chi connectivity index (χ2v) is 4.50. The molecule has 0 aliphatic rings. The van der Waals surface area contributed by atoms with Crippen molar-refractivity contribution in [3.63, 3.8) is 0 Å². The SMILES string of the molecule is CC.COc1cc(CO)ccc1Cc1c(C)nc(N)[nH]c1=O. The van der Waals surface area contributed by atoms with Gasteiger partial charge >= 0.3 is 0 Å². The zero-order chi connectivity index (χ0) is 16.7. The molecule has 0 spiro atoms. The van der Waals surface area contributed by atoms with Crippen molar-refractivity contribution in [3.05, 3.63) is 50.9 Å². The van der Waals surface area contributed by atoms with Crippen molar-refractivity contribution >= 4 is 5.95 Å². The van der Waals surface area contributed by atoms with Gasteiger partial charge in [-0.1, -0.05) is 26.0 Å². The third kappa shape index (κ3) is 4.08. The highest BCUT2D eigenvalue weighted by Gasteiger charge is 2.11. The number of aryl methyl sites for hydroxylation is 1. The van der Waals surface area contributed by atoms with Gasteiger partial charge in [-0.15, -0.1) is 0 Å². The van der Waals surface area contributed by atoms with Crippen LogP contribution >= 0.6 is 0 Å². The fourth-order valence-electron chi connectivity index (χ4n) is 2.06. The first-order valence-corrected chi connectivity index (χ1v) is 7.17. The predicted octanol–water partition coefficient (Wildman–Crippen LogP) is 1.78. The van der Waals surface area contributed by atoms with Gasteiger partial charge in [0.25, 0.3) is 5.56 Å². The molecule has 1 aromatic carbocycles. The maximum atomic E-state index is 11.9. The molecule has 120 valence electrons. The van der Waals surface area contributed by atoms with Crippen molar-refractivity contribution in [2.75, 3.05) is 12.8 Å². The highest BCUT2D eigenvalue weighted by molar-refractivity contribution is 5.41. The van der Waals surface area contributed by atoms with E-state index in [9.17, 15) is 4.79 Å². The zero-order valence-electron chi connectivity index (χ0n) is 13.4. The molecule has 0 saturated heterocycles. The zero-order valence-corrected chi connectivity index (χ0v) is 13.4. The van der Waals surface area contributed by atoms with E-state index >= 15 is 0 Å². The number of nitrogens with one attached hydrogen (secondary N) is 1. The fourth-order valence-corrected chi connectivity index (χ4v) is 2.06. The molecular weight excluding hydrogens is 282 g/mol. The highest BCUT2D eigenvalue weighted by atomic mass is 16.5. The van der Waals surface area contributed by atoms with Crippen LogP contribution in [0.3, 0.4) is 0 Å². The number of ether oxygens (including phenoxy) is 1. The summed E-state index contributed by atoms with van der Waals surface area (Å²) < 4.78 is 5.30. The lowest BCUT2D eigenvalue weighted by Gasteiger charge is -2.11. The van der Waals surface area contributed by atoms with E-state index in [-0.39, 0.29) is 18.1 Å². The summed E-state index contributed by atoms with van der Waals surface area (Å²) in [7, 11) is 1.55. The van der Waals surface area contributed by atoms with Gasteiger partial charge in [0, 0.05) is 12.0 Å². The Labute approximate surface area is 130 Å². The minimum atomic E-state index is -0.247. The first-order valence-electron chi connectivity index (χ1n) is 7.17. The minimum absolute atomic E-state index is 0.0559. The number of nitrogens with two attached hydrogens (primary N) is 1. The number of methoxy groups -OCH3 is 1. The van der Waals surface area contributed by atoms with Crippen LogP contribution in [0, 0.1) is 6.92 Å². The smallest absolute Gasteiger partial charge is 0.256 e. The maximum Gasteiger partial charge on any atom is 0.256 e. The summed E-state index contributed by atoms with van der Waals surface area (Å²) in [5.41, 5.74) is 8.00. The summed E-state index contributed by atoms with van der Waals surface area (Å²) in [5, 5.41) is 9.12. The first kappa shape index (κ1) is 17.7. The van der Waals surface area contributed by atoms with Crippen LogP contribution in [0.4, 0.5) is 5.95 Å². The topological polar surface area (TPSA) is 101 Å². The molecule has 0 amide bonds. The highest BCUT2D eigenvalue weighted by Crippen LogP contribution is 2.23. The van der Waals surface area contributed by atoms with Crippen molar-refractivity contribution < 1.29 is 9.84 Å². The van der Waals surface area contributed by atoms with Gasteiger partial charge in [-0.05, 0) is 24.1 Å². The number of aromatic amines is 1. The quantitative estimate of drug-likeness (QED) is 0.799. The Morgan fingerprint density at radius 2 is 2.05 bits per heavy atom. The van der Waals surface area contributed by atoms with Gasteiger partial charge in [0.2, 0.25) is 5.95 Å². The van der Waals surface area contributed by atoms with Crippen molar-refractivity contribution in [3.8, 4) is 5.75 Å². The van der Waals surface area contributed by atoms with Crippen molar-refractivity contribution in [2.24, 2.45) is 0 Å². The van der Waals surface area contributed by atoms with Gasteiger partial charge < -0.3 is 15.6 Å². The van der Waals surface area contributed by atoms with Crippen LogP contribution in [0.25, 0.3) is 0 Å². The lowest BCUT2D eigenvalue weighted by atomic mass is 10.0. The number of nitrogen functional groups attached to an aromatic ring is 1. The van der Waals surface area contributed by atoms with Crippen LogP contribution in [0.15, 0.2) is 23.0 Å². The van der Waals surface area contributed by atoms with Gasteiger partial charge in [0.05, 0.1) is 19.4 Å². The monoisotopic (exact) mass is 305 g/mol. The van der Waals surface area contributed by atoms with Crippen molar-refractivity contribution in [1.82, 2.24) is 9.97 Å². The Bertz CT molecular complexity index is 681. The molecule has 4 N–H and O–H groups in total. The van der Waals surface area contributed by atoms with E-state index < -0.39 is 0 Å². The normalized spacial score (nSPS) is 9.86. The Morgan fingerprint density at radius 1 is 1.36 bits per heavy atom. The van der Waals surface area contributed by atoms with Gasteiger partial charge in [-0.3, -0.25) is 9.78 Å². The van der Waals surface area contributed by atoms with Crippen LogP contribution in [0.5, 0.6) is 5.75 Å². The number of anilines is 1. The number of aliphatic hydroxyl groups excluding tert-OH is 1. The molecule has 0 radical (unpaired) electrons. The van der Waals surface area contributed by atoms with Gasteiger partial charge in [0.15, 0.2) is 0 Å². The van der Waals surface area contributed by atoms with Gasteiger partial charge in [0.1, 0.15) is 5.75 Å². The number of hydrogen-bond donors (Lipinski definition) is 3. The maximum absolute atomic E-state index is 11.9. The third-order valence-electron chi connectivity index (χ3n) is 3.14. The van der Waals surface area contributed by atoms with Crippen LogP contribution in [-0.4, -0.2) is 22.2 Å². The van der Waals surface area contributed by atoms with Gasteiger partial charge in [-0.2, -0.15) is 0 Å². The molecule has 6 heteroatoms. The molecule has 2 aromatic rings. The number of hydrogen-bond acceptors (Lipinski definition) is 5. The number of benzene rings is 1. The van der Waals surface area contributed by atoms with E-state index in [2.05, 4.69) is 9.97 Å². The molecule has 0 bridgehead atoms. The largest absolute Gasteiger partial charge is 0.496 e. The van der Waals surface area contributed by atoms with Crippen LogP contribution in [-0.2, 0) is 13.0 Å². The molecule has 0 aliphatic heterocycles. The Kier molecular flexibility index (Phi) is 6.59. The molecule has 0 saturated carbocycles. The summed E-state index contributed by atoms with van der Waals surface area (Å²) in [6.45, 7) is 5.69. The van der Waals surface area contributed by atoms with Crippen LogP contribution in [0.1, 0.15) is 36.2 Å². The lowest BCUT2D eigenvalue weighted by Crippen LogP contribution is -2.19. The Balaban J connectivity index is 0.00000116. The summed E-state index contributed by atoms with van der Waals surface area (Å²) in [5.74, 6) is 0.742. The molecule has 0 atom stereocenters. The standard InChI is InChI=1S/C14H17N3O3.C2H6/c1-8-11(13(19)17-14(15)16-8)6-10-4-3-9(7-18)5-12(10)20-2;1-2/h3-5,18H,6-7H2,1-2H3,(H3,15,16,17,19);1-2H3. The molecule has 1 aromatic heterocycles. The van der Waals surface area contributed by atoms with E-state index in [1.54, 1.807) is 26.2 Å². The summed E-state index contributed by atoms with van der Waals surface area (Å²) in [6, 6.07) is 5.38. The van der Waals surface area contributed by atoms with Crippen LogP contribution < -0.4 is 16.0 Å². The first-order chi connectivity index (χ1) is 10.5. The molecule has 0 aliphatic carbocycles. The second-order valence-electron chi connectivity index (χ2n) is 4.50. The van der Waals surface area contributed by atoms with Crippen molar-refractivity contribution in [2.45, 2.75) is 33.8 Å². The Hall–Kier alpha value is -2.34. The fraction of sp³-hybridized carbons (Fsp3) is 0.375. The summed E-state index contributed by atoms with van der Waals surface area (Å²) in [6.07, 6.45) is 0.392. The summed E-state index contributed by atoms with van der Waals surface area (Å²) >= 11 is 0. The molecule has 1 heterocycles. The minimum Gasteiger partial charge on any atom is -0.496 e. The third-order valence-corrected chi connectivity index (χ3v) is 3.14. The molecule has 0 fully saturated rings. The molecule has 0 unspecified atom stereocenters. The summed E-state index contributed by atoms with van der Waals surface area (Å²) in [4.78, 5) is 18.5. The van der Waals surface area contributed by atoms with Crippen molar-refractivity contribution in [1.29, 1.82) is 0 Å². The lowest BCUT2D eigenvalue weighted by molar-refractivity contribution is 0.281. The number of aliphatic hydroxyl groups is 1. The van der Waals surface area contributed by atoms with E-state index in [0.717, 1.165) is 11.1 Å². The van der Waals surface area contributed by atoms with E-state index in [1.807, 2.05) is 19.9 Å². The number of rotatable bonds is 4. The van der Waals surface area contributed by atoms with Gasteiger partial charge in [-0.25, -0.2) is 4.98 Å². The van der Waals surface area contributed by atoms with E-state index in [1.165, 1.54) is 0 Å². The number of H-pyrrole nitrogens is 1.